The first-order valence-electron chi connectivity index (χ1n) is 7.43. The Morgan fingerprint density at radius 1 is 1.50 bits per heavy atom. The van der Waals surface area contributed by atoms with Crippen LogP contribution in [-0.4, -0.2) is 47.7 Å². The van der Waals surface area contributed by atoms with Crippen LogP contribution >= 0.6 is 11.6 Å². The highest BCUT2D eigenvalue weighted by Crippen LogP contribution is 2.27. The van der Waals surface area contributed by atoms with Crippen LogP contribution in [0.1, 0.15) is 16.9 Å². The Hall–Kier alpha value is -1.85. The third-order valence-electron chi connectivity index (χ3n) is 4.02. The first-order valence-corrected chi connectivity index (χ1v) is 7.81. The van der Waals surface area contributed by atoms with E-state index in [0.717, 1.165) is 31.6 Å². The van der Waals surface area contributed by atoms with E-state index in [1.807, 2.05) is 36.2 Å². The molecule has 2 aromatic rings. The normalized spacial score (nSPS) is 17.9. The van der Waals surface area contributed by atoms with E-state index in [4.69, 9.17) is 11.6 Å². The van der Waals surface area contributed by atoms with Gasteiger partial charge in [-0.1, -0.05) is 29.8 Å². The van der Waals surface area contributed by atoms with Crippen molar-refractivity contribution in [1.29, 1.82) is 0 Å². The Morgan fingerprint density at radius 3 is 3.09 bits per heavy atom. The number of likely N-dealkylation sites (tertiary alicyclic amines) is 1. The molecule has 0 bridgehead atoms. The number of aromatic amines is 1. The summed E-state index contributed by atoms with van der Waals surface area (Å²) in [5.74, 6) is 0.532. The molecule has 1 aliphatic rings. The van der Waals surface area contributed by atoms with Gasteiger partial charge in [0.2, 0.25) is 0 Å². The van der Waals surface area contributed by atoms with Gasteiger partial charge in [0.25, 0.3) is 5.91 Å². The number of hydrogen-bond acceptors (Lipinski definition) is 3. The summed E-state index contributed by atoms with van der Waals surface area (Å²) in [4.78, 5) is 14.4. The molecule has 0 aliphatic carbocycles. The summed E-state index contributed by atoms with van der Waals surface area (Å²) >= 11 is 6.17. The number of nitrogens with one attached hydrogen (secondary N) is 2. The van der Waals surface area contributed by atoms with E-state index in [2.05, 4.69) is 15.5 Å². The number of H-pyrrole nitrogens is 1. The molecule has 0 saturated carbocycles. The summed E-state index contributed by atoms with van der Waals surface area (Å²) in [6, 6.07) is 9.26. The number of aromatic nitrogens is 2. The first kappa shape index (κ1) is 15.1. The summed E-state index contributed by atoms with van der Waals surface area (Å²) < 4.78 is 0. The summed E-state index contributed by atoms with van der Waals surface area (Å²) in [5, 5.41) is 10.9. The van der Waals surface area contributed by atoms with Gasteiger partial charge >= 0.3 is 0 Å². The second kappa shape index (κ2) is 6.50. The van der Waals surface area contributed by atoms with Gasteiger partial charge in [-0.2, -0.15) is 5.10 Å². The number of benzene rings is 1. The Kier molecular flexibility index (Phi) is 4.45. The zero-order valence-electron chi connectivity index (χ0n) is 12.5. The van der Waals surface area contributed by atoms with Gasteiger partial charge in [-0.3, -0.25) is 9.89 Å². The Morgan fingerprint density at radius 2 is 2.32 bits per heavy atom. The van der Waals surface area contributed by atoms with E-state index in [9.17, 15) is 4.79 Å². The highest BCUT2D eigenvalue weighted by atomic mass is 35.5. The summed E-state index contributed by atoms with van der Waals surface area (Å²) in [6.45, 7) is 2.53. The van der Waals surface area contributed by atoms with Gasteiger partial charge in [0.15, 0.2) is 0 Å². The number of nitrogens with zero attached hydrogens (tertiary/aromatic N) is 2. The van der Waals surface area contributed by atoms with Gasteiger partial charge in [-0.15, -0.1) is 0 Å². The minimum atomic E-state index is 0.00408. The van der Waals surface area contributed by atoms with Crippen LogP contribution in [0.2, 0.25) is 5.02 Å². The molecular weight excluding hydrogens is 300 g/mol. The monoisotopic (exact) mass is 318 g/mol. The summed E-state index contributed by atoms with van der Waals surface area (Å²) in [5.41, 5.74) is 2.04. The van der Waals surface area contributed by atoms with Crippen molar-refractivity contribution in [2.24, 2.45) is 5.92 Å². The maximum absolute atomic E-state index is 12.5. The van der Waals surface area contributed by atoms with Gasteiger partial charge in [0.1, 0.15) is 5.69 Å². The van der Waals surface area contributed by atoms with Crippen molar-refractivity contribution in [3.05, 3.63) is 41.0 Å². The van der Waals surface area contributed by atoms with Crippen LogP contribution in [0.5, 0.6) is 0 Å². The van der Waals surface area contributed by atoms with E-state index in [0.29, 0.717) is 22.3 Å². The standard InChI is InChI=1S/C16H19ClN4O/c1-18-9-11-6-7-21(10-11)16(22)15-8-14(19-20-15)12-4-2-3-5-13(12)17/h2-5,8,11,18H,6-7,9-10H2,1H3,(H,19,20). The second-order valence-corrected chi connectivity index (χ2v) is 6.02. The van der Waals surface area contributed by atoms with E-state index in [-0.39, 0.29) is 5.91 Å². The zero-order valence-corrected chi connectivity index (χ0v) is 13.2. The van der Waals surface area contributed by atoms with Crippen LogP contribution in [0.4, 0.5) is 0 Å². The maximum atomic E-state index is 12.5. The number of amides is 1. The summed E-state index contributed by atoms with van der Waals surface area (Å²) in [6.07, 6.45) is 1.04. The van der Waals surface area contributed by atoms with Crippen LogP contribution in [0.25, 0.3) is 11.3 Å². The minimum Gasteiger partial charge on any atom is -0.337 e. The largest absolute Gasteiger partial charge is 0.337 e. The molecule has 2 heterocycles. The number of hydrogen-bond donors (Lipinski definition) is 2. The molecule has 0 spiro atoms. The number of rotatable bonds is 4. The molecular formula is C16H19ClN4O. The Labute approximate surface area is 134 Å². The molecule has 6 heteroatoms. The van der Waals surface area contributed by atoms with Crippen LogP contribution < -0.4 is 5.32 Å². The molecule has 3 rings (SSSR count). The Balaban J connectivity index is 1.74. The lowest BCUT2D eigenvalue weighted by Crippen LogP contribution is -2.30. The molecule has 1 atom stereocenters. The molecule has 1 aliphatic heterocycles. The number of carbonyl (C=O) groups is 1. The fourth-order valence-electron chi connectivity index (χ4n) is 2.88. The van der Waals surface area contributed by atoms with Gasteiger partial charge in [-0.05, 0) is 38.1 Å². The van der Waals surface area contributed by atoms with Crippen LogP contribution in [0, 0.1) is 5.92 Å². The molecule has 2 N–H and O–H groups in total. The number of halogens is 1. The van der Waals surface area contributed by atoms with Crippen LogP contribution in [0.15, 0.2) is 30.3 Å². The van der Waals surface area contributed by atoms with Crippen molar-refractivity contribution in [3.8, 4) is 11.3 Å². The lowest BCUT2D eigenvalue weighted by molar-refractivity contribution is 0.0781. The van der Waals surface area contributed by atoms with Gasteiger partial charge in [0.05, 0.1) is 10.7 Å². The Bertz CT molecular complexity index is 670. The van der Waals surface area contributed by atoms with Crippen molar-refractivity contribution in [2.45, 2.75) is 6.42 Å². The first-order chi connectivity index (χ1) is 10.7. The van der Waals surface area contributed by atoms with Gasteiger partial charge < -0.3 is 10.2 Å². The van der Waals surface area contributed by atoms with Crippen molar-refractivity contribution < 1.29 is 4.79 Å². The van der Waals surface area contributed by atoms with Crippen molar-refractivity contribution >= 4 is 17.5 Å². The molecule has 1 amide bonds. The van der Waals surface area contributed by atoms with E-state index in [1.165, 1.54) is 0 Å². The molecule has 1 aromatic carbocycles. The SMILES string of the molecule is CNCC1CCN(C(=O)c2cc(-c3ccccc3Cl)n[nH]2)C1. The average Bonchev–Trinajstić information content (AvgIpc) is 3.17. The lowest BCUT2D eigenvalue weighted by Gasteiger charge is -2.15. The highest BCUT2D eigenvalue weighted by molar-refractivity contribution is 6.33. The molecule has 1 fully saturated rings. The molecule has 22 heavy (non-hydrogen) atoms. The minimum absolute atomic E-state index is 0.00408. The highest BCUT2D eigenvalue weighted by Gasteiger charge is 2.27. The smallest absolute Gasteiger partial charge is 0.271 e. The van der Waals surface area contributed by atoms with E-state index in [1.54, 1.807) is 6.07 Å². The quantitative estimate of drug-likeness (QED) is 0.910. The molecule has 0 radical (unpaired) electrons. The number of carbonyl (C=O) groups excluding carboxylic acids is 1. The average molecular weight is 319 g/mol. The molecule has 1 aromatic heterocycles. The van der Waals surface area contributed by atoms with Gasteiger partial charge in [0, 0.05) is 18.7 Å². The summed E-state index contributed by atoms with van der Waals surface area (Å²) in [7, 11) is 1.94. The van der Waals surface area contributed by atoms with Crippen LogP contribution in [-0.2, 0) is 0 Å². The molecule has 1 unspecified atom stereocenters. The third kappa shape index (κ3) is 3.00. The van der Waals surface area contributed by atoms with E-state index < -0.39 is 0 Å². The van der Waals surface area contributed by atoms with E-state index >= 15 is 0 Å². The van der Waals surface area contributed by atoms with Crippen LogP contribution in [0.3, 0.4) is 0 Å². The maximum Gasteiger partial charge on any atom is 0.271 e. The predicted octanol–water partition coefficient (Wildman–Crippen LogP) is 2.41. The fraction of sp³-hybridized carbons (Fsp3) is 0.375. The second-order valence-electron chi connectivity index (χ2n) is 5.61. The lowest BCUT2D eigenvalue weighted by atomic mass is 10.1. The van der Waals surface area contributed by atoms with Crippen molar-refractivity contribution in [1.82, 2.24) is 20.4 Å². The predicted molar refractivity (Wildman–Crippen MR) is 87.0 cm³/mol. The topological polar surface area (TPSA) is 61.0 Å². The zero-order chi connectivity index (χ0) is 15.5. The fourth-order valence-corrected chi connectivity index (χ4v) is 3.11. The molecule has 116 valence electrons. The third-order valence-corrected chi connectivity index (χ3v) is 4.35. The van der Waals surface area contributed by atoms with Gasteiger partial charge in [-0.25, -0.2) is 0 Å². The van der Waals surface area contributed by atoms with Crippen molar-refractivity contribution in [2.75, 3.05) is 26.7 Å². The molecule has 1 saturated heterocycles. The van der Waals surface area contributed by atoms with Crippen molar-refractivity contribution in [3.63, 3.8) is 0 Å². The molecule has 5 nitrogen and oxygen atoms in total.